The van der Waals surface area contributed by atoms with Crippen molar-refractivity contribution in [1.82, 2.24) is 29.5 Å². The van der Waals surface area contributed by atoms with E-state index in [0.29, 0.717) is 11.8 Å². The maximum absolute atomic E-state index is 5.40. The van der Waals surface area contributed by atoms with Gasteiger partial charge in [-0.05, 0) is 36.4 Å². The van der Waals surface area contributed by atoms with Gasteiger partial charge in [0.1, 0.15) is 5.82 Å². The molecule has 1 aliphatic heterocycles. The van der Waals surface area contributed by atoms with Crippen LogP contribution in [-0.2, 0) is 0 Å². The van der Waals surface area contributed by atoms with Crippen molar-refractivity contribution >= 4 is 39.1 Å². The third-order valence-corrected chi connectivity index (χ3v) is 11.6. The van der Waals surface area contributed by atoms with Crippen LogP contribution in [0.15, 0.2) is 212 Å². The lowest BCUT2D eigenvalue weighted by molar-refractivity contribution is 1.02. The summed E-state index contributed by atoms with van der Waals surface area (Å²) in [6.07, 6.45) is 0. The summed E-state index contributed by atoms with van der Waals surface area (Å²) < 4.78 is 2.32. The molecule has 5 heterocycles. The summed E-state index contributed by atoms with van der Waals surface area (Å²) in [5, 5.41) is 2.18. The van der Waals surface area contributed by atoms with Gasteiger partial charge in [0, 0.05) is 50.2 Å². The zero-order chi connectivity index (χ0) is 41.0. The number of rotatable bonds is 6. The summed E-state index contributed by atoms with van der Waals surface area (Å²) in [7, 11) is 0. The molecular formula is C55H35N7. The van der Waals surface area contributed by atoms with Gasteiger partial charge in [-0.15, -0.1) is 0 Å². The average Bonchev–Trinajstić information content (AvgIpc) is 3.63. The van der Waals surface area contributed by atoms with E-state index < -0.39 is 0 Å². The van der Waals surface area contributed by atoms with Crippen molar-refractivity contribution in [3.05, 3.63) is 212 Å². The van der Waals surface area contributed by atoms with E-state index >= 15 is 0 Å². The molecule has 0 aliphatic carbocycles. The van der Waals surface area contributed by atoms with Gasteiger partial charge in [0.05, 0.1) is 50.9 Å². The van der Waals surface area contributed by atoms with Crippen LogP contribution in [0.3, 0.4) is 0 Å². The highest BCUT2D eigenvalue weighted by molar-refractivity contribution is 6.12. The Bertz CT molecular complexity index is 3420. The highest BCUT2D eigenvalue weighted by atomic mass is 15.3. The van der Waals surface area contributed by atoms with Crippen LogP contribution >= 0.6 is 0 Å². The number of hydrogen-bond donors (Lipinski definition) is 0. The van der Waals surface area contributed by atoms with Crippen molar-refractivity contribution in [1.29, 1.82) is 0 Å². The van der Waals surface area contributed by atoms with E-state index in [-0.39, 0.29) is 0 Å². The highest BCUT2D eigenvalue weighted by Gasteiger charge is 2.33. The van der Waals surface area contributed by atoms with E-state index in [1.54, 1.807) is 0 Å². The van der Waals surface area contributed by atoms with E-state index in [4.69, 9.17) is 24.9 Å². The first-order chi connectivity index (χ1) is 30.7. The Labute approximate surface area is 358 Å². The molecule has 0 fully saturated rings. The van der Waals surface area contributed by atoms with Crippen LogP contribution in [0.25, 0.3) is 95.3 Å². The summed E-state index contributed by atoms with van der Waals surface area (Å²) in [6.45, 7) is 0. The van der Waals surface area contributed by atoms with E-state index in [1.165, 1.54) is 0 Å². The maximum atomic E-state index is 5.40. The first-order valence-electron chi connectivity index (χ1n) is 20.7. The number of aromatic nitrogens is 6. The van der Waals surface area contributed by atoms with Gasteiger partial charge in [0.15, 0.2) is 5.82 Å². The molecule has 7 aromatic carbocycles. The number of benzene rings is 7. The molecule has 7 nitrogen and oxygen atoms in total. The predicted octanol–water partition coefficient (Wildman–Crippen LogP) is 13.5. The lowest BCUT2D eigenvalue weighted by Gasteiger charge is -2.26. The summed E-state index contributed by atoms with van der Waals surface area (Å²) in [5.41, 5.74) is 14.1. The number of fused-ring (bicyclic) bond motifs is 8. The van der Waals surface area contributed by atoms with Gasteiger partial charge in [-0.1, -0.05) is 170 Å². The van der Waals surface area contributed by atoms with Crippen LogP contribution in [-0.4, -0.2) is 29.5 Å². The molecule has 0 bridgehead atoms. The highest BCUT2D eigenvalue weighted by Crippen LogP contribution is 2.54. The van der Waals surface area contributed by atoms with Crippen LogP contribution in [0.5, 0.6) is 0 Å². The van der Waals surface area contributed by atoms with Gasteiger partial charge in [-0.2, -0.15) is 0 Å². The van der Waals surface area contributed by atoms with E-state index in [1.807, 2.05) is 72.8 Å². The van der Waals surface area contributed by atoms with Crippen LogP contribution in [0.1, 0.15) is 0 Å². The largest absolute Gasteiger partial charge is 0.293 e. The normalized spacial score (nSPS) is 11.8. The number of pyridine rings is 1. The first-order valence-corrected chi connectivity index (χ1v) is 20.7. The predicted molar refractivity (Wildman–Crippen MR) is 251 cm³/mol. The molecule has 290 valence electrons. The Hall–Kier alpha value is -8.55. The molecule has 0 unspecified atom stereocenters. The second kappa shape index (κ2) is 14.6. The lowest BCUT2D eigenvalue weighted by Crippen LogP contribution is -2.15. The fraction of sp³-hybridized carbons (Fsp3) is 0. The molecule has 0 amide bonds. The quantitative estimate of drug-likeness (QED) is 0.167. The van der Waals surface area contributed by atoms with E-state index in [9.17, 15) is 0 Å². The zero-order valence-electron chi connectivity index (χ0n) is 33.3. The van der Waals surface area contributed by atoms with E-state index in [2.05, 4.69) is 149 Å². The number of hydrogen-bond acceptors (Lipinski definition) is 6. The van der Waals surface area contributed by atoms with Gasteiger partial charge in [0.25, 0.3) is 0 Å². The molecule has 0 saturated carbocycles. The van der Waals surface area contributed by atoms with Crippen molar-refractivity contribution in [2.45, 2.75) is 0 Å². The molecule has 0 radical (unpaired) electrons. The standard InChI is InChI=1S/C55H35N7/c1-4-18-36(19-5-1)45-34-47(44-33-32-38-22-10-14-28-43(38)56-44)59-55(58-45)61-48-29-15-11-25-40(48)52-41-26-12-16-30-49(41)62(53(52)42-27-13-17-31-50(42)61)51-35-46(37-20-6-2-7-21-37)57-54(60-51)39-23-8-3-9-24-39/h1-35H. The molecule has 12 rings (SSSR count). The van der Waals surface area contributed by atoms with Crippen molar-refractivity contribution in [3.8, 4) is 73.5 Å². The fourth-order valence-electron chi connectivity index (χ4n) is 8.75. The molecule has 0 saturated heterocycles. The van der Waals surface area contributed by atoms with E-state index in [0.717, 1.165) is 101 Å². The van der Waals surface area contributed by atoms with Crippen molar-refractivity contribution in [2.75, 3.05) is 4.90 Å². The Morgan fingerprint density at radius 1 is 0.371 bits per heavy atom. The zero-order valence-corrected chi connectivity index (χ0v) is 33.3. The van der Waals surface area contributed by atoms with Gasteiger partial charge < -0.3 is 0 Å². The van der Waals surface area contributed by atoms with Crippen LogP contribution in [0.4, 0.5) is 17.3 Å². The molecule has 0 N–H and O–H groups in total. The minimum Gasteiger partial charge on any atom is -0.293 e. The Balaban J connectivity index is 1.15. The fourth-order valence-corrected chi connectivity index (χ4v) is 8.75. The smallest absolute Gasteiger partial charge is 0.235 e. The Kier molecular flexibility index (Phi) is 8.35. The van der Waals surface area contributed by atoms with Crippen LogP contribution < -0.4 is 4.90 Å². The Morgan fingerprint density at radius 2 is 0.952 bits per heavy atom. The minimum atomic E-state index is 0.539. The molecule has 7 heteroatoms. The van der Waals surface area contributed by atoms with Gasteiger partial charge in [-0.25, -0.2) is 24.9 Å². The van der Waals surface area contributed by atoms with Gasteiger partial charge >= 0.3 is 0 Å². The molecule has 62 heavy (non-hydrogen) atoms. The summed E-state index contributed by atoms with van der Waals surface area (Å²) in [5.74, 6) is 1.96. The van der Waals surface area contributed by atoms with Crippen LogP contribution in [0.2, 0.25) is 0 Å². The maximum Gasteiger partial charge on any atom is 0.235 e. The third-order valence-electron chi connectivity index (χ3n) is 11.6. The van der Waals surface area contributed by atoms with Crippen LogP contribution in [0, 0.1) is 0 Å². The number of nitrogens with zero attached hydrogens (tertiary/aromatic N) is 7. The second-order valence-electron chi connectivity index (χ2n) is 15.3. The lowest BCUT2D eigenvalue weighted by atomic mass is 9.98. The molecular weight excluding hydrogens is 759 g/mol. The second-order valence-corrected chi connectivity index (χ2v) is 15.3. The molecule has 4 aromatic heterocycles. The number of anilines is 3. The van der Waals surface area contributed by atoms with Gasteiger partial charge in [0.2, 0.25) is 5.95 Å². The monoisotopic (exact) mass is 793 g/mol. The average molecular weight is 794 g/mol. The Morgan fingerprint density at radius 3 is 1.71 bits per heavy atom. The summed E-state index contributed by atoms with van der Waals surface area (Å²) >= 11 is 0. The number of para-hydroxylation sites is 4. The molecule has 0 atom stereocenters. The summed E-state index contributed by atoms with van der Waals surface area (Å²) in [4.78, 5) is 28.7. The van der Waals surface area contributed by atoms with Gasteiger partial charge in [-0.3, -0.25) is 9.47 Å². The third kappa shape index (κ3) is 5.94. The summed E-state index contributed by atoms with van der Waals surface area (Å²) in [6, 6.07) is 73.1. The molecule has 0 spiro atoms. The molecule has 1 aliphatic rings. The topological polar surface area (TPSA) is 72.6 Å². The molecule has 11 aromatic rings. The van der Waals surface area contributed by atoms with Crippen molar-refractivity contribution in [3.63, 3.8) is 0 Å². The van der Waals surface area contributed by atoms with Crippen molar-refractivity contribution < 1.29 is 0 Å². The first kappa shape index (κ1) is 35.4. The van der Waals surface area contributed by atoms with Crippen molar-refractivity contribution in [2.24, 2.45) is 0 Å². The SMILES string of the molecule is c1ccc(-c2cc(-n3c4c(c5ccccc53)-c3ccccc3N(c3nc(-c5ccccc5)cc(-c5ccc6ccccc6n5)n3)c3ccccc3-4)nc(-c3ccccc3)n2)cc1. The minimum absolute atomic E-state index is 0.539.